The van der Waals surface area contributed by atoms with Crippen LogP contribution in [0.5, 0.6) is 17.2 Å². The van der Waals surface area contributed by atoms with E-state index in [-0.39, 0.29) is 24.8 Å². The average molecular weight is 317 g/mol. The lowest BCUT2D eigenvalue weighted by Gasteiger charge is -2.19. The monoisotopic (exact) mass is 317 g/mol. The van der Waals surface area contributed by atoms with Gasteiger partial charge in [0.2, 0.25) is 6.79 Å². The second-order valence-corrected chi connectivity index (χ2v) is 5.28. The zero-order valence-electron chi connectivity index (χ0n) is 12.2. The lowest BCUT2D eigenvalue weighted by atomic mass is 10.1. The Labute approximate surface area is 131 Å². The first-order valence-electron chi connectivity index (χ1n) is 7.23. The molecule has 4 rings (SSSR count). The van der Waals surface area contributed by atoms with Gasteiger partial charge in [0.05, 0.1) is 31.6 Å². The van der Waals surface area contributed by atoms with Crippen LogP contribution < -0.4 is 19.5 Å². The highest BCUT2D eigenvalue weighted by Gasteiger charge is 2.32. The van der Waals surface area contributed by atoms with E-state index in [2.05, 4.69) is 15.5 Å². The minimum Gasteiger partial charge on any atom is -0.482 e. The molecular formula is C15H15N3O5. The van der Waals surface area contributed by atoms with Crippen LogP contribution in [-0.4, -0.2) is 48.3 Å². The van der Waals surface area contributed by atoms with E-state index in [9.17, 15) is 4.79 Å². The van der Waals surface area contributed by atoms with Gasteiger partial charge < -0.3 is 24.3 Å². The van der Waals surface area contributed by atoms with Crippen molar-refractivity contribution in [2.24, 2.45) is 0 Å². The molecule has 1 fully saturated rings. The number of rotatable bonds is 4. The molecule has 8 nitrogen and oxygen atoms in total. The van der Waals surface area contributed by atoms with Gasteiger partial charge in [-0.2, -0.15) is 5.10 Å². The van der Waals surface area contributed by atoms with Gasteiger partial charge in [0.25, 0.3) is 5.91 Å². The van der Waals surface area contributed by atoms with Gasteiger partial charge in [-0.1, -0.05) is 0 Å². The van der Waals surface area contributed by atoms with E-state index >= 15 is 0 Å². The Bertz CT molecular complexity index is 703. The molecule has 1 aromatic heterocycles. The molecule has 3 heterocycles. The molecule has 8 heteroatoms. The molecule has 120 valence electrons. The number of H-pyrrole nitrogens is 1. The largest absolute Gasteiger partial charge is 0.482 e. The molecule has 1 aromatic carbocycles. The van der Waals surface area contributed by atoms with E-state index in [1.54, 1.807) is 30.6 Å². The van der Waals surface area contributed by atoms with Crippen LogP contribution in [0.15, 0.2) is 30.6 Å². The molecule has 0 aliphatic carbocycles. The van der Waals surface area contributed by atoms with Crippen molar-refractivity contribution in [1.82, 2.24) is 15.5 Å². The summed E-state index contributed by atoms with van der Waals surface area (Å²) in [6.07, 6.45) is 2.97. The number of nitrogens with zero attached hydrogens (tertiary/aromatic N) is 1. The number of amides is 1. The summed E-state index contributed by atoms with van der Waals surface area (Å²) in [5.41, 5.74) is 0.503. The van der Waals surface area contributed by atoms with E-state index < -0.39 is 0 Å². The van der Waals surface area contributed by atoms with Crippen molar-refractivity contribution in [3.05, 3.63) is 36.2 Å². The predicted molar refractivity (Wildman–Crippen MR) is 77.6 cm³/mol. The SMILES string of the molecule is O=C(N[C@H]1COC[C@H]1Oc1cn[nH]c1)c1ccc2c(c1)OCO2. The first kappa shape index (κ1) is 13.9. The van der Waals surface area contributed by atoms with Gasteiger partial charge in [0.1, 0.15) is 6.10 Å². The van der Waals surface area contributed by atoms with Gasteiger partial charge in [-0.3, -0.25) is 9.89 Å². The van der Waals surface area contributed by atoms with Crippen molar-refractivity contribution in [1.29, 1.82) is 0 Å². The second-order valence-electron chi connectivity index (χ2n) is 5.28. The normalized spacial score (nSPS) is 22.1. The lowest BCUT2D eigenvalue weighted by molar-refractivity contribution is 0.0903. The van der Waals surface area contributed by atoms with E-state index in [1.807, 2.05) is 0 Å². The van der Waals surface area contributed by atoms with Crippen LogP contribution in [0, 0.1) is 0 Å². The molecule has 23 heavy (non-hydrogen) atoms. The maximum atomic E-state index is 12.4. The van der Waals surface area contributed by atoms with E-state index in [1.165, 1.54) is 0 Å². The fourth-order valence-electron chi connectivity index (χ4n) is 2.55. The van der Waals surface area contributed by atoms with Gasteiger partial charge in [-0.25, -0.2) is 0 Å². The summed E-state index contributed by atoms with van der Waals surface area (Å²) in [6, 6.07) is 4.86. The summed E-state index contributed by atoms with van der Waals surface area (Å²) in [5, 5.41) is 9.44. The Balaban J connectivity index is 1.43. The first-order valence-corrected chi connectivity index (χ1v) is 7.23. The van der Waals surface area contributed by atoms with E-state index in [0.29, 0.717) is 36.0 Å². The molecule has 0 bridgehead atoms. The van der Waals surface area contributed by atoms with Crippen LogP contribution in [0.1, 0.15) is 10.4 Å². The van der Waals surface area contributed by atoms with Crippen molar-refractivity contribution >= 4 is 5.91 Å². The Hall–Kier alpha value is -2.74. The van der Waals surface area contributed by atoms with Crippen molar-refractivity contribution in [2.45, 2.75) is 12.1 Å². The molecule has 2 N–H and O–H groups in total. The summed E-state index contributed by atoms with van der Waals surface area (Å²) in [7, 11) is 0. The number of aromatic nitrogens is 2. The fourth-order valence-corrected chi connectivity index (χ4v) is 2.55. The molecule has 2 aromatic rings. The molecule has 1 amide bonds. The van der Waals surface area contributed by atoms with Crippen LogP contribution in [0.25, 0.3) is 0 Å². The van der Waals surface area contributed by atoms with Gasteiger partial charge in [-0.15, -0.1) is 0 Å². The minimum absolute atomic E-state index is 0.178. The number of hydrogen-bond acceptors (Lipinski definition) is 6. The maximum absolute atomic E-state index is 12.4. The van der Waals surface area contributed by atoms with Gasteiger partial charge >= 0.3 is 0 Å². The van der Waals surface area contributed by atoms with Gasteiger partial charge in [-0.05, 0) is 18.2 Å². The molecule has 0 spiro atoms. The van der Waals surface area contributed by atoms with Gasteiger partial charge in [0.15, 0.2) is 17.2 Å². The summed E-state index contributed by atoms with van der Waals surface area (Å²) in [6.45, 7) is 0.994. The predicted octanol–water partition coefficient (Wildman–Crippen LogP) is 0.715. The Morgan fingerprint density at radius 2 is 2.22 bits per heavy atom. The number of nitrogens with one attached hydrogen (secondary N) is 2. The van der Waals surface area contributed by atoms with Crippen LogP contribution in [0.4, 0.5) is 0 Å². The fraction of sp³-hybridized carbons (Fsp3) is 0.333. The zero-order chi connectivity index (χ0) is 15.6. The molecule has 1 saturated heterocycles. The van der Waals surface area contributed by atoms with Crippen molar-refractivity contribution < 1.29 is 23.7 Å². The van der Waals surface area contributed by atoms with Crippen LogP contribution >= 0.6 is 0 Å². The number of benzene rings is 1. The first-order chi connectivity index (χ1) is 11.3. The number of aromatic amines is 1. The summed E-state index contributed by atoms with van der Waals surface area (Å²) < 4.78 is 21.7. The summed E-state index contributed by atoms with van der Waals surface area (Å²) >= 11 is 0. The highest BCUT2D eigenvalue weighted by atomic mass is 16.7. The smallest absolute Gasteiger partial charge is 0.251 e. The van der Waals surface area contributed by atoms with Crippen molar-refractivity contribution in [3.8, 4) is 17.2 Å². The van der Waals surface area contributed by atoms with Gasteiger partial charge in [0, 0.05) is 5.56 Å². The molecule has 0 saturated carbocycles. The van der Waals surface area contributed by atoms with Crippen LogP contribution in [-0.2, 0) is 4.74 Å². The second kappa shape index (κ2) is 5.81. The third kappa shape index (κ3) is 2.80. The van der Waals surface area contributed by atoms with Crippen LogP contribution in [0.2, 0.25) is 0 Å². The molecule has 0 unspecified atom stereocenters. The third-order valence-electron chi connectivity index (χ3n) is 3.74. The molecular weight excluding hydrogens is 302 g/mol. The Morgan fingerprint density at radius 1 is 1.30 bits per heavy atom. The lowest BCUT2D eigenvalue weighted by Crippen LogP contribution is -2.45. The topological polar surface area (TPSA) is 94.7 Å². The Kier molecular flexibility index (Phi) is 3.51. The quantitative estimate of drug-likeness (QED) is 0.862. The third-order valence-corrected chi connectivity index (χ3v) is 3.74. The zero-order valence-corrected chi connectivity index (χ0v) is 12.2. The van der Waals surface area contributed by atoms with Crippen molar-refractivity contribution in [3.63, 3.8) is 0 Å². The van der Waals surface area contributed by atoms with Crippen LogP contribution in [0.3, 0.4) is 0 Å². The standard InChI is InChI=1S/C15H15N3O5/c19-15(9-1-2-12-13(3-9)22-8-21-12)18-11-6-20-7-14(11)23-10-4-16-17-5-10/h1-5,11,14H,6-8H2,(H,16,17)(H,18,19)/t11-,14+/m0/s1. The maximum Gasteiger partial charge on any atom is 0.251 e. The molecule has 2 aliphatic rings. The minimum atomic E-state index is -0.259. The van der Waals surface area contributed by atoms with E-state index in [4.69, 9.17) is 18.9 Å². The Morgan fingerprint density at radius 3 is 3.09 bits per heavy atom. The number of fused-ring (bicyclic) bond motifs is 1. The van der Waals surface area contributed by atoms with E-state index in [0.717, 1.165) is 0 Å². The number of carbonyl (C=O) groups is 1. The average Bonchev–Trinajstić information content (AvgIpc) is 3.29. The number of ether oxygens (including phenoxy) is 4. The summed E-state index contributed by atoms with van der Waals surface area (Å²) in [5.74, 6) is 1.63. The highest BCUT2D eigenvalue weighted by molar-refractivity contribution is 5.95. The highest BCUT2D eigenvalue weighted by Crippen LogP contribution is 2.32. The molecule has 2 atom stereocenters. The number of hydrogen-bond donors (Lipinski definition) is 2. The molecule has 0 radical (unpaired) electrons. The summed E-state index contributed by atoms with van der Waals surface area (Å²) in [4.78, 5) is 12.4. The van der Waals surface area contributed by atoms with Crippen molar-refractivity contribution in [2.75, 3.05) is 20.0 Å². The number of carbonyl (C=O) groups excluding carboxylic acids is 1. The molecule has 2 aliphatic heterocycles.